The van der Waals surface area contributed by atoms with Crippen LogP contribution in [0.25, 0.3) is 0 Å². The van der Waals surface area contributed by atoms with Crippen molar-refractivity contribution < 1.29 is 31.1 Å². The lowest BCUT2D eigenvalue weighted by molar-refractivity contribution is -0.592. The van der Waals surface area contributed by atoms with Crippen molar-refractivity contribution in [1.82, 2.24) is 0 Å². The van der Waals surface area contributed by atoms with Crippen molar-refractivity contribution >= 4 is 6.09 Å². The molecule has 3 nitrogen and oxygen atoms in total. The molecular formula is C15H24BrNO2. The van der Waals surface area contributed by atoms with E-state index in [-0.39, 0.29) is 23.1 Å². The normalized spacial score (nSPS) is 9.79. The van der Waals surface area contributed by atoms with Gasteiger partial charge in [-0.3, -0.25) is 0 Å². The zero-order chi connectivity index (χ0) is 13.2. The van der Waals surface area contributed by atoms with E-state index in [1.54, 1.807) is 6.20 Å². The highest BCUT2D eigenvalue weighted by Crippen LogP contribution is 2.04. The smallest absolute Gasteiger partial charge is 0.602 e. The summed E-state index contributed by atoms with van der Waals surface area (Å²) in [4.78, 5) is 11.7. The van der Waals surface area contributed by atoms with Gasteiger partial charge in [-0.25, -0.2) is 0 Å². The van der Waals surface area contributed by atoms with E-state index in [4.69, 9.17) is 4.74 Å². The summed E-state index contributed by atoms with van der Waals surface area (Å²) in [5.74, 6) is 0. The number of nitrogens with zero attached hydrogens (tertiary/aromatic N) is 1. The van der Waals surface area contributed by atoms with Crippen LogP contribution in [0.5, 0.6) is 0 Å². The topological polar surface area (TPSA) is 30.2 Å². The first-order chi connectivity index (χ1) is 8.75. The monoisotopic (exact) mass is 329 g/mol. The number of hydrogen-bond acceptors (Lipinski definition) is 2. The number of rotatable bonds is 7. The summed E-state index contributed by atoms with van der Waals surface area (Å²) in [6.07, 6.45) is 8.66. The molecule has 0 aliphatic carbocycles. The first-order valence-corrected chi connectivity index (χ1v) is 6.90. The minimum Gasteiger partial charge on any atom is -1.00 e. The van der Waals surface area contributed by atoms with Gasteiger partial charge in [0.15, 0.2) is 11.9 Å². The molecule has 19 heavy (non-hydrogen) atoms. The van der Waals surface area contributed by atoms with E-state index in [1.807, 2.05) is 25.1 Å². The zero-order valence-corrected chi connectivity index (χ0v) is 13.5. The van der Waals surface area contributed by atoms with Gasteiger partial charge in [-0.1, -0.05) is 49.7 Å². The number of carbonyl (C=O) groups excluding carboxylic acids is 1. The number of hydrogen-bond donors (Lipinski definition) is 0. The molecule has 1 heterocycles. The fraction of sp³-hybridized carbons (Fsp3) is 0.600. The van der Waals surface area contributed by atoms with E-state index in [0.717, 1.165) is 18.5 Å². The third-order valence-electron chi connectivity index (χ3n) is 2.98. The van der Waals surface area contributed by atoms with Crippen LogP contribution in [-0.4, -0.2) is 12.7 Å². The lowest BCUT2D eigenvalue weighted by Gasteiger charge is -2.02. The Morgan fingerprint density at radius 1 is 1.16 bits per heavy atom. The maximum Gasteiger partial charge on any atom is 0.602 e. The number of unbranched alkanes of at least 4 members (excludes halogenated alkanes) is 5. The van der Waals surface area contributed by atoms with Crippen LogP contribution < -0.4 is 21.5 Å². The first-order valence-electron chi connectivity index (χ1n) is 6.90. The molecule has 1 rings (SSSR count). The van der Waals surface area contributed by atoms with Gasteiger partial charge in [-0.05, 0) is 6.42 Å². The van der Waals surface area contributed by atoms with Crippen LogP contribution in [0.1, 0.15) is 51.1 Å². The van der Waals surface area contributed by atoms with Crippen molar-refractivity contribution in [1.29, 1.82) is 0 Å². The number of carbonyl (C=O) groups is 1. The van der Waals surface area contributed by atoms with Crippen molar-refractivity contribution in [3.63, 3.8) is 0 Å². The molecule has 1 aromatic rings. The molecule has 0 atom stereocenters. The maximum atomic E-state index is 11.7. The molecule has 0 bridgehead atoms. The van der Waals surface area contributed by atoms with Gasteiger partial charge in [0.1, 0.15) is 0 Å². The Balaban J connectivity index is 0.00000324. The predicted octanol–water partition coefficient (Wildman–Crippen LogP) is 0.632. The predicted molar refractivity (Wildman–Crippen MR) is 71.5 cm³/mol. The van der Waals surface area contributed by atoms with Gasteiger partial charge in [0.05, 0.1) is 6.61 Å². The number of aromatic nitrogens is 1. The molecule has 4 heteroatoms. The molecule has 1 aromatic heterocycles. The highest BCUT2D eigenvalue weighted by Gasteiger charge is 2.17. The number of pyridine rings is 1. The van der Waals surface area contributed by atoms with E-state index in [2.05, 4.69) is 6.92 Å². The van der Waals surface area contributed by atoms with E-state index in [1.165, 1.54) is 30.3 Å². The molecule has 108 valence electrons. The summed E-state index contributed by atoms with van der Waals surface area (Å²) in [6, 6.07) is 5.64. The van der Waals surface area contributed by atoms with E-state index in [0.29, 0.717) is 6.61 Å². The molecule has 0 aliphatic rings. The van der Waals surface area contributed by atoms with Gasteiger partial charge in [0, 0.05) is 19.1 Å². The second-order valence-corrected chi connectivity index (χ2v) is 4.59. The molecule has 0 aliphatic heterocycles. The quantitative estimate of drug-likeness (QED) is 0.542. The zero-order valence-electron chi connectivity index (χ0n) is 11.9. The summed E-state index contributed by atoms with van der Waals surface area (Å²) in [7, 11) is 0. The second kappa shape index (κ2) is 11.0. The Morgan fingerprint density at radius 3 is 2.53 bits per heavy atom. The Morgan fingerprint density at radius 2 is 1.84 bits per heavy atom. The molecule has 0 saturated carbocycles. The molecule has 0 saturated heterocycles. The molecule has 0 aromatic carbocycles. The van der Waals surface area contributed by atoms with Gasteiger partial charge in [-0.2, -0.15) is 4.79 Å². The number of halogens is 1. The summed E-state index contributed by atoms with van der Waals surface area (Å²) < 4.78 is 6.78. The number of aryl methyl sites for hydroxylation is 1. The van der Waals surface area contributed by atoms with E-state index in [9.17, 15) is 4.79 Å². The average Bonchev–Trinajstić information content (AvgIpc) is 2.38. The standard InChI is InChI=1S/C15H24NO2.BrH/c1-3-4-5-6-7-10-13-18-15(17)16-12-9-8-11-14(16)2;/h8-9,11-12H,3-7,10,13H2,1-2H3;1H/q+1;/p-1. The van der Waals surface area contributed by atoms with Crippen molar-refractivity contribution in [2.24, 2.45) is 0 Å². The summed E-state index contributed by atoms with van der Waals surface area (Å²) in [5.41, 5.74) is 0.894. The Bertz CT molecular complexity index is 369. The van der Waals surface area contributed by atoms with Gasteiger partial charge in [0.25, 0.3) is 0 Å². The van der Waals surface area contributed by atoms with Gasteiger partial charge >= 0.3 is 6.09 Å². The molecule has 0 spiro atoms. The maximum absolute atomic E-state index is 11.7. The lowest BCUT2D eigenvalue weighted by atomic mass is 10.1. The fourth-order valence-corrected chi connectivity index (χ4v) is 1.84. The highest BCUT2D eigenvalue weighted by atomic mass is 79.9. The lowest BCUT2D eigenvalue weighted by Crippen LogP contribution is -3.00. The molecule has 0 unspecified atom stereocenters. The SMILES string of the molecule is CCCCCCCCOC(=O)[n+]1ccccc1C.[Br-]. The van der Waals surface area contributed by atoms with Crippen LogP contribution >= 0.6 is 0 Å². The summed E-state index contributed by atoms with van der Waals surface area (Å²) in [6.45, 7) is 4.62. The number of ether oxygens (including phenoxy) is 1. The van der Waals surface area contributed by atoms with Crippen LogP contribution in [0.2, 0.25) is 0 Å². The van der Waals surface area contributed by atoms with Crippen LogP contribution in [0.3, 0.4) is 0 Å². The van der Waals surface area contributed by atoms with Crippen LogP contribution in [0.4, 0.5) is 4.79 Å². The molecule has 0 radical (unpaired) electrons. The van der Waals surface area contributed by atoms with Crippen LogP contribution in [-0.2, 0) is 4.74 Å². The van der Waals surface area contributed by atoms with E-state index >= 15 is 0 Å². The Hall–Kier alpha value is -0.900. The Kier molecular flexibility index (Phi) is 10.5. The van der Waals surface area contributed by atoms with Crippen molar-refractivity contribution in [2.75, 3.05) is 6.61 Å². The van der Waals surface area contributed by atoms with Crippen molar-refractivity contribution in [2.45, 2.75) is 52.4 Å². The third-order valence-corrected chi connectivity index (χ3v) is 2.98. The third kappa shape index (κ3) is 7.31. The molecule has 0 fully saturated rings. The summed E-state index contributed by atoms with van der Waals surface area (Å²) >= 11 is 0. The van der Waals surface area contributed by atoms with E-state index < -0.39 is 0 Å². The van der Waals surface area contributed by atoms with Crippen LogP contribution in [0, 0.1) is 6.92 Å². The molecular weight excluding hydrogens is 306 g/mol. The highest BCUT2D eigenvalue weighted by molar-refractivity contribution is 5.56. The Labute approximate surface area is 126 Å². The molecule has 0 amide bonds. The summed E-state index contributed by atoms with van der Waals surface area (Å²) in [5, 5.41) is 0. The van der Waals surface area contributed by atoms with Gasteiger partial charge < -0.3 is 21.7 Å². The minimum absolute atomic E-state index is 0. The van der Waals surface area contributed by atoms with Crippen LogP contribution in [0.15, 0.2) is 24.4 Å². The minimum atomic E-state index is -0.276. The fourth-order valence-electron chi connectivity index (χ4n) is 1.84. The largest absolute Gasteiger partial charge is 1.00 e. The second-order valence-electron chi connectivity index (χ2n) is 4.59. The first kappa shape index (κ1) is 18.1. The average molecular weight is 330 g/mol. The van der Waals surface area contributed by atoms with Crippen molar-refractivity contribution in [3.8, 4) is 0 Å². The van der Waals surface area contributed by atoms with Crippen molar-refractivity contribution in [3.05, 3.63) is 30.1 Å². The van der Waals surface area contributed by atoms with Gasteiger partial charge in [-0.15, -0.1) is 0 Å². The van der Waals surface area contributed by atoms with Gasteiger partial charge in [0.2, 0.25) is 0 Å². The molecule has 0 N–H and O–H groups in total.